The Hall–Kier alpha value is -1.84. The van der Waals surface area contributed by atoms with Crippen LogP contribution in [0.5, 0.6) is 0 Å². The van der Waals surface area contributed by atoms with Crippen molar-refractivity contribution in [3.05, 3.63) is 35.0 Å². The topological polar surface area (TPSA) is 41.7 Å². The standard InChI is InChI=1S/C13H15N3O/c17-16-9-11-5-1-2-6-12(11)14-13(10-16)15-7-3-4-8-15/h1-2,5-6,10H,3-4,7-9H2. The number of hydroxylamine groups is 1. The van der Waals surface area contributed by atoms with Crippen LogP contribution >= 0.6 is 0 Å². The highest BCUT2D eigenvalue weighted by molar-refractivity contribution is 6.28. The highest BCUT2D eigenvalue weighted by Crippen LogP contribution is 2.22. The smallest absolute Gasteiger partial charge is 0.217 e. The number of para-hydroxylation sites is 1. The molecule has 1 fully saturated rings. The maximum Gasteiger partial charge on any atom is 0.217 e. The first-order valence-electron chi connectivity index (χ1n) is 6.03. The summed E-state index contributed by atoms with van der Waals surface area (Å²) in [6, 6.07) is 7.84. The number of hydrogen-bond donors (Lipinski definition) is 0. The molecule has 0 aromatic heterocycles. The molecule has 0 radical (unpaired) electrons. The number of hydrogen-bond acceptors (Lipinski definition) is 3. The fourth-order valence-corrected chi connectivity index (χ4v) is 2.35. The molecular formula is C13H15N3O. The van der Waals surface area contributed by atoms with Gasteiger partial charge in [0.05, 0.1) is 5.69 Å². The van der Waals surface area contributed by atoms with Crippen LogP contribution in [0.15, 0.2) is 29.3 Å². The maximum atomic E-state index is 11.8. The van der Waals surface area contributed by atoms with Gasteiger partial charge in [-0.3, -0.25) is 0 Å². The van der Waals surface area contributed by atoms with Gasteiger partial charge in [-0.15, -0.1) is 0 Å². The minimum Gasteiger partial charge on any atom is -0.623 e. The zero-order valence-corrected chi connectivity index (χ0v) is 9.67. The first kappa shape index (κ1) is 10.3. The highest BCUT2D eigenvalue weighted by Gasteiger charge is 2.20. The van der Waals surface area contributed by atoms with E-state index in [1.807, 2.05) is 24.3 Å². The second-order valence-electron chi connectivity index (χ2n) is 4.50. The molecule has 4 heteroatoms. The molecule has 17 heavy (non-hydrogen) atoms. The Kier molecular flexibility index (Phi) is 2.55. The summed E-state index contributed by atoms with van der Waals surface area (Å²) in [5.41, 5.74) is 1.91. The Morgan fingerprint density at radius 2 is 1.94 bits per heavy atom. The van der Waals surface area contributed by atoms with Crippen LogP contribution < -0.4 is 0 Å². The van der Waals surface area contributed by atoms with Crippen molar-refractivity contribution in [2.24, 2.45) is 4.99 Å². The number of nitrogens with zero attached hydrogens (tertiary/aromatic N) is 3. The normalized spacial score (nSPS) is 19.4. The van der Waals surface area contributed by atoms with Crippen molar-refractivity contribution in [1.82, 2.24) is 4.90 Å². The molecule has 2 aliphatic rings. The second kappa shape index (κ2) is 4.20. The average Bonchev–Trinajstić information content (AvgIpc) is 2.79. The van der Waals surface area contributed by atoms with E-state index in [-0.39, 0.29) is 0 Å². The number of amidine groups is 1. The molecule has 0 saturated carbocycles. The highest BCUT2D eigenvalue weighted by atomic mass is 16.5. The van der Waals surface area contributed by atoms with Crippen LogP contribution in [0.4, 0.5) is 5.69 Å². The fourth-order valence-electron chi connectivity index (χ4n) is 2.35. The van der Waals surface area contributed by atoms with Gasteiger partial charge < -0.3 is 10.1 Å². The summed E-state index contributed by atoms with van der Waals surface area (Å²) in [6.45, 7) is 2.40. The van der Waals surface area contributed by atoms with Gasteiger partial charge in [-0.25, -0.2) is 9.73 Å². The van der Waals surface area contributed by atoms with Crippen LogP contribution in [0, 0.1) is 5.21 Å². The first-order chi connectivity index (χ1) is 8.33. The van der Waals surface area contributed by atoms with E-state index in [9.17, 15) is 5.21 Å². The largest absolute Gasteiger partial charge is 0.623 e. The van der Waals surface area contributed by atoms with Crippen molar-refractivity contribution < 1.29 is 4.74 Å². The van der Waals surface area contributed by atoms with Crippen LogP contribution in [0.1, 0.15) is 18.4 Å². The summed E-state index contributed by atoms with van der Waals surface area (Å²) < 4.78 is 0.975. The molecule has 0 unspecified atom stereocenters. The molecule has 2 heterocycles. The molecule has 88 valence electrons. The van der Waals surface area contributed by atoms with Crippen LogP contribution in [-0.4, -0.2) is 34.8 Å². The molecule has 0 atom stereocenters. The van der Waals surface area contributed by atoms with Gasteiger partial charge in [0.1, 0.15) is 0 Å². The third kappa shape index (κ3) is 2.02. The Bertz CT molecular complexity index is 487. The third-order valence-corrected chi connectivity index (χ3v) is 3.24. The van der Waals surface area contributed by atoms with E-state index in [4.69, 9.17) is 0 Å². The van der Waals surface area contributed by atoms with Crippen LogP contribution in [0.2, 0.25) is 0 Å². The summed E-state index contributed by atoms with van der Waals surface area (Å²) in [4.78, 5) is 6.80. The lowest BCUT2D eigenvalue weighted by Crippen LogP contribution is -2.30. The summed E-state index contributed by atoms with van der Waals surface area (Å²) in [5.74, 6) is 0.808. The maximum absolute atomic E-state index is 11.8. The molecule has 1 aromatic carbocycles. The lowest BCUT2D eigenvalue weighted by atomic mass is 10.2. The molecule has 0 amide bonds. The van der Waals surface area contributed by atoms with Gasteiger partial charge in [-0.1, -0.05) is 18.2 Å². The summed E-state index contributed by atoms with van der Waals surface area (Å²) >= 11 is 0. The minimum absolute atomic E-state index is 0.386. The van der Waals surface area contributed by atoms with Gasteiger partial charge in [0, 0.05) is 18.7 Å². The Morgan fingerprint density at radius 3 is 2.76 bits per heavy atom. The van der Waals surface area contributed by atoms with Crippen LogP contribution in [-0.2, 0) is 6.54 Å². The van der Waals surface area contributed by atoms with Gasteiger partial charge in [-0.2, -0.15) is 0 Å². The van der Waals surface area contributed by atoms with Crippen LogP contribution in [0.25, 0.3) is 0 Å². The van der Waals surface area contributed by atoms with Gasteiger partial charge in [0.25, 0.3) is 0 Å². The van der Waals surface area contributed by atoms with Crippen molar-refractivity contribution in [3.63, 3.8) is 0 Å². The Labute approximate surface area is 100 Å². The molecule has 0 bridgehead atoms. The monoisotopic (exact) mass is 229 g/mol. The average molecular weight is 229 g/mol. The van der Waals surface area contributed by atoms with E-state index in [1.54, 1.807) is 6.21 Å². The van der Waals surface area contributed by atoms with E-state index in [1.165, 1.54) is 12.8 Å². The molecule has 0 spiro atoms. The van der Waals surface area contributed by atoms with Crippen LogP contribution in [0.3, 0.4) is 0 Å². The summed E-state index contributed by atoms with van der Waals surface area (Å²) in [7, 11) is 0. The van der Waals surface area contributed by atoms with E-state index < -0.39 is 0 Å². The van der Waals surface area contributed by atoms with E-state index in [2.05, 4.69) is 9.89 Å². The Balaban J connectivity index is 2.02. The number of rotatable bonds is 0. The molecular weight excluding hydrogens is 214 g/mol. The molecule has 1 aromatic rings. The van der Waals surface area contributed by atoms with E-state index >= 15 is 0 Å². The predicted octanol–water partition coefficient (Wildman–Crippen LogP) is 1.91. The SMILES string of the molecule is [O-][N+]1=CC(N2CCCC2)=Nc2ccccc2C1. The minimum atomic E-state index is 0.386. The van der Waals surface area contributed by atoms with E-state index in [0.29, 0.717) is 6.54 Å². The van der Waals surface area contributed by atoms with Crippen molar-refractivity contribution in [2.45, 2.75) is 19.4 Å². The van der Waals surface area contributed by atoms with Crippen molar-refractivity contribution in [2.75, 3.05) is 13.1 Å². The number of benzene rings is 1. The molecule has 0 aliphatic carbocycles. The Morgan fingerprint density at radius 1 is 1.18 bits per heavy atom. The van der Waals surface area contributed by atoms with Crippen molar-refractivity contribution in [3.8, 4) is 0 Å². The zero-order chi connectivity index (χ0) is 11.7. The van der Waals surface area contributed by atoms with Gasteiger partial charge in [-0.05, 0) is 18.9 Å². The molecule has 1 saturated heterocycles. The quantitative estimate of drug-likeness (QED) is 0.503. The lowest BCUT2D eigenvalue weighted by Gasteiger charge is -2.14. The molecule has 2 aliphatic heterocycles. The summed E-state index contributed by atoms with van der Waals surface area (Å²) in [6.07, 6.45) is 3.99. The number of likely N-dealkylation sites (tertiary alicyclic amines) is 1. The zero-order valence-electron chi connectivity index (χ0n) is 9.67. The molecule has 3 rings (SSSR count). The molecule has 4 nitrogen and oxygen atoms in total. The second-order valence-corrected chi connectivity index (χ2v) is 4.50. The third-order valence-electron chi connectivity index (χ3n) is 3.24. The van der Waals surface area contributed by atoms with Gasteiger partial charge >= 0.3 is 0 Å². The number of aliphatic imine (C=N–C) groups is 1. The predicted molar refractivity (Wildman–Crippen MR) is 67.7 cm³/mol. The molecule has 0 N–H and O–H groups in total. The van der Waals surface area contributed by atoms with Crippen molar-refractivity contribution in [1.29, 1.82) is 0 Å². The first-order valence-corrected chi connectivity index (χ1v) is 6.03. The van der Waals surface area contributed by atoms with E-state index in [0.717, 1.165) is 34.9 Å². The number of fused-ring (bicyclic) bond motifs is 1. The summed E-state index contributed by atoms with van der Waals surface area (Å²) in [5, 5.41) is 11.8. The lowest BCUT2D eigenvalue weighted by molar-refractivity contribution is -0.468. The van der Waals surface area contributed by atoms with Gasteiger partial charge in [0.2, 0.25) is 6.21 Å². The fraction of sp³-hybridized carbons (Fsp3) is 0.385. The van der Waals surface area contributed by atoms with Gasteiger partial charge in [0.15, 0.2) is 12.4 Å². The van der Waals surface area contributed by atoms with Crippen molar-refractivity contribution >= 4 is 17.7 Å².